The fourth-order valence-electron chi connectivity index (χ4n) is 2.08. The molecule has 0 aliphatic heterocycles. The number of anilines is 2. The molecule has 132 valence electrons. The molecular weight excluding hydrogens is 347 g/mol. The van der Waals surface area contributed by atoms with Crippen LogP contribution < -0.4 is 20.1 Å². The molecule has 0 saturated heterocycles. The highest BCUT2D eigenvalue weighted by Gasteiger charge is 2.18. The maximum absolute atomic E-state index is 13.0. The Morgan fingerprint density at radius 3 is 2.16 bits per heavy atom. The normalized spacial score (nSPS) is 9.92. The predicted octanol–water partition coefficient (Wildman–Crippen LogP) is 3.44. The van der Waals surface area contributed by atoms with E-state index in [-0.39, 0.29) is 16.5 Å². The van der Waals surface area contributed by atoms with Crippen LogP contribution in [-0.2, 0) is 4.74 Å². The van der Waals surface area contributed by atoms with Gasteiger partial charge in [0.2, 0.25) is 0 Å². The number of carbonyl (C=O) groups excluding carboxylic acids is 1. The molecule has 8 heteroatoms. The van der Waals surface area contributed by atoms with E-state index in [0.29, 0.717) is 22.9 Å². The Morgan fingerprint density at radius 1 is 1.00 bits per heavy atom. The van der Waals surface area contributed by atoms with E-state index in [2.05, 4.69) is 10.6 Å². The summed E-state index contributed by atoms with van der Waals surface area (Å²) in [7, 11) is 4.22. The molecule has 25 heavy (non-hydrogen) atoms. The van der Waals surface area contributed by atoms with E-state index in [0.717, 1.165) is 0 Å². The van der Waals surface area contributed by atoms with E-state index in [1.807, 2.05) is 0 Å². The lowest BCUT2D eigenvalue weighted by atomic mass is 10.1. The van der Waals surface area contributed by atoms with Crippen LogP contribution >= 0.6 is 12.2 Å². The molecule has 0 heterocycles. The Labute approximate surface area is 149 Å². The van der Waals surface area contributed by atoms with E-state index in [4.69, 9.17) is 26.4 Å². The van der Waals surface area contributed by atoms with Crippen LogP contribution in [0.3, 0.4) is 0 Å². The molecule has 0 radical (unpaired) electrons. The Bertz CT molecular complexity index is 781. The van der Waals surface area contributed by atoms with Gasteiger partial charge in [0.1, 0.15) is 5.82 Å². The van der Waals surface area contributed by atoms with Gasteiger partial charge in [0.05, 0.1) is 32.6 Å². The molecule has 0 aromatic heterocycles. The van der Waals surface area contributed by atoms with E-state index in [1.165, 1.54) is 39.5 Å². The molecule has 2 N–H and O–H groups in total. The maximum atomic E-state index is 13.0. The zero-order valence-corrected chi connectivity index (χ0v) is 14.7. The second kappa shape index (κ2) is 8.29. The molecule has 2 aromatic carbocycles. The van der Waals surface area contributed by atoms with E-state index in [1.54, 1.807) is 18.2 Å². The highest BCUT2D eigenvalue weighted by molar-refractivity contribution is 7.80. The molecule has 0 fully saturated rings. The number of hydrogen-bond acceptors (Lipinski definition) is 5. The van der Waals surface area contributed by atoms with Gasteiger partial charge < -0.3 is 24.8 Å². The van der Waals surface area contributed by atoms with Gasteiger partial charge in [-0.05, 0) is 36.5 Å². The zero-order chi connectivity index (χ0) is 18.4. The minimum Gasteiger partial charge on any atom is -0.493 e. The van der Waals surface area contributed by atoms with Crippen molar-refractivity contribution in [1.82, 2.24) is 0 Å². The fraction of sp³-hybridized carbons (Fsp3) is 0.176. The van der Waals surface area contributed by atoms with Crippen molar-refractivity contribution in [2.75, 3.05) is 32.0 Å². The first-order chi connectivity index (χ1) is 12.0. The first-order valence-electron chi connectivity index (χ1n) is 7.16. The van der Waals surface area contributed by atoms with Crippen molar-refractivity contribution in [3.8, 4) is 11.5 Å². The highest BCUT2D eigenvalue weighted by atomic mass is 32.1. The minimum absolute atomic E-state index is 0.212. The summed E-state index contributed by atoms with van der Waals surface area (Å²) < 4.78 is 28.2. The van der Waals surface area contributed by atoms with Crippen molar-refractivity contribution < 1.29 is 23.4 Å². The molecule has 0 unspecified atom stereocenters. The number of benzene rings is 2. The summed E-state index contributed by atoms with van der Waals surface area (Å²) in [5, 5.41) is 6.01. The van der Waals surface area contributed by atoms with Gasteiger partial charge in [-0.1, -0.05) is 0 Å². The van der Waals surface area contributed by atoms with Crippen LogP contribution in [-0.4, -0.2) is 32.4 Å². The van der Waals surface area contributed by atoms with Crippen molar-refractivity contribution in [1.29, 1.82) is 0 Å². The van der Waals surface area contributed by atoms with E-state index >= 15 is 0 Å². The second-order valence-electron chi connectivity index (χ2n) is 4.83. The number of ether oxygens (including phenoxy) is 3. The standard InChI is InChI=1S/C17H17FN2O4S/c1-22-14-8-12(16(21)24-3)13(9-15(14)23-2)20-17(25)19-11-6-4-10(18)5-7-11/h4-9H,1-3H3,(H2,19,20,25). The number of carbonyl (C=O) groups is 1. The predicted molar refractivity (Wildman–Crippen MR) is 97.1 cm³/mol. The summed E-state index contributed by atoms with van der Waals surface area (Å²) in [6, 6.07) is 8.76. The van der Waals surface area contributed by atoms with Crippen LogP contribution in [0.15, 0.2) is 36.4 Å². The van der Waals surface area contributed by atoms with Crippen LogP contribution in [0.2, 0.25) is 0 Å². The lowest BCUT2D eigenvalue weighted by Gasteiger charge is -2.16. The molecule has 0 aliphatic carbocycles. The van der Waals surface area contributed by atoms with Crippen molar-refractivity contribution in [3.63, 3.8) is 0 Å². The molecular formula is C17H17FN2O4S. The topological polar surface area (TPSA) is 68.8 Å². The Morgan fingerprint density at radius 2 is 1.60 bits per heavy atom. The van der Waals surface area contributed by atoms with Crippen molar-refractivity contribution in [2.45, 2.75) is 0 Å². The second-order valence-corrected chi connectivity index (χ2v) is 5.24. The highest BCUT2D eigenvalue weighted by Crippen LogP contribution is 2.33. The largest absolute Gasteiger partial charge is 0.493 e. The third kappa shape index (κ3) is 4.57. The lowest BCUT2D eigenvalue weighted by molar-refractivity contribution is 0.0601. The number of thiocarbonyl (C=S) groups is 1. The van der Waals surface area contributed by atoms with Crippen LogP contribution in [0.5, 0.6) is 11.5 Å². The van der Waals surface area contributed by atoms with Crippen LogP contribution in [0.4, 0.5) is 15.8 Å². The third-order valence-corrected chi connectivity index (χ3v) is 3.48. The van der Waals surface area contributed by atoms with E-state index < -0.39 is 5.97 Å². The number of esters is 1. The Balaban J connectivity index is 2.28. The summed E-state index contributed by atoms with van der Waals surface area (Å²) in [5.74, 6) is -0.113. The van der Waals surface area contributed by atoms with Crippen LogP contribution in [0.25, 0.3) is 0 Å². The molecule has 0 bridgehead atoms. The quantitative estimate of drug-likeness (QED) is 0.622. The van der Waals surface area contributed by atoms with Crippen molar-refractivity contribution >= 4 is 34.7 Å². The maximum Gasteiger partial charge on any atom is 0.340 e. The van der Waals surface area contributed by atoms with Crippen molar-refractivity contribution in [2.24, 2.45) is 0 Å². The molecule has 0 aliphatic rings. The molecule has 2 rings (SSSR count). The van der Waals surface area contributed by atoms with Gasteiger partial charge in [-0.3, -0.25) is 0 Å². The lowest BCUT2D eigenvalue weighted by Crippen LogP contribution is -2.21. The van der Waals surface area contributed by atoms with Gasteiger partial charge in [0.25, 0.3) is 0 Å². The summed E-state index contributed by atoms with van der Waals surface area (Å²) in [5.41, 5.74) is 1.20. The van der Waals surface area contributed by atoms with Gasteiger partial charge in [0, 0.05) is 17.8 Å². The smallest absolute Gasteiger partial charge is 0.340 e. The summed E-state index contributed by atoms with van der Waals surface area (Å²) in [6.07, 6.45) is 0. The molecule has 0 amide bonds. The third-order valence-electron chi connectivity index (χ3n) is 3.28. The monoisotopic (exact) mass is 364 g/mol. The molecule has 0 spiro atoms. The molecule has 0 saturated carbocycles. The van der Waals surface area contributed by atoms with Gasteiger partial charge >= 0.3 is 5.97 Å². The average Bonchev–Trinajstić information content (AvgIpc) is 2.62. The van der Waals surface area contributed by atoms with E-state index in [9.17, 15) is 9.18 Å². The van der Waals surface area contributed by atoms with Gasteiger partial charge in [0.15, 0.2) is 16.6 Å². The summed E-state index contributed by atoms with van der Waals surface area (Å²) in [6.45, 7) is 0. The Kier molecular flexibility index (Phi) is 6.13. The van der Waals surface area contributed by atoms with Gasteiger partial charge in [-0.15, -0.1) is 0 Å². The fourth-order valence-corrected chi connectivity index (χ4v) is 2.31. The number of methoxy groups -OCH3 is 3. The SMILES string of the molecule is COC(=O)c1cc(OC)c(OC)cc1NC(=S)Nc1ccc(F)cc1. The van der Waals surface area contributed by atoms with Crippen LogP contribution in [0, 0.1) is 5.82 Å². The minimum atomic E-state index is -0.562. The molecule has 6 nitrogen and oxygen atoms in total. The number of halogens is 1. The summed E-state index contributed by atoms with van der Waals surface area (Å²) >= 11 is 5.23. The van der Waals surface area contributed by atoms with Gasteiger partial charge in [-0.2, -0.15) is 0 Å². The summed E-state index contributed by atoms with van der Waals surface area (Å²) in [4.78, 5) is 12.0. The van der Waals surface area contributed by atoms with Crippen molar-refractivity contribution in [3.05, 3.63) is 47.8 Å². The first-order valence-corrected chi connectivity index (χ1v) is 7.57. The van der Waals surface area contributed by atoms with Crippen LogP contribution in [0.1, 0.15) is 10.4 Å². The molecule has 2 aromatic rings. The average molecular weight is 364 g/mol. The number of hydrogen-bond donors (Lipinski definition) is 2. The van der Waals surface area contributed by atoms with Gasteiger partial charge in [-0.25, -0.2) is 9.18 Å². The zero-order valence-electron chi connectivity index (χ0n) is 13.9. The first kappa shape index (κ1) is 18.5. The number of rotatable bonds is 5. The Hall–Kier alpha value is -2.87. The molecule has 0 atom stereocenters. The number of nitrogens with one attached hydrogen (secondary N) is 2.